The van der Waals surface area contributed by atoms with Crippen molar-refractivity contribution in [3.8, 4) is 5.69 Å². The smallest absolute Gasteiger partial charge is 0.325 e. The molecule has 2 heterocycles. The third kappa shape index (κ3) is 2.44. The van der Waals surface area contributed by atoms with E-state index in [1.165, 1.54) is 12.4 Å². The third-order valence-corrected chi connectivity index (χ3v) is 2.16. The maximum absolute atomic E-state index is 12.3. The van der Waals surface area contributed by atoms with Crippen LogP contribution in [0.3, 0.4) is 0 Å². The van der Waals surface area contributed by atoms with Crippen molar-refractivity contribution >= 4 is 0 Å². The SMILES string of the molecule is NCc1ccc(-n2ccc(C(F)(F)F)n2)cn1. The van der Waals surface area contributed by atoms with E-state index in [1.807, 2.05) is 0 Å². The van der Waals surface area contributed by atoms with Crippen molar-refractivity contribution in [1.29, 1.82) is 0 Å². The van der Waals surface area contributed by atoms with Gasteiger partial charge < -0.3 is 5.73 Å². The van der Waals surface area contributed by atoms with Crippen LogP contribution in [0.5, 0.6) is 0 Å². The maximum Gasteiger partial charge on any atom is 0.435 e. The molecule has 17 heavy (non-hydrogen) atoms. The molecule has 4 nitrogen and oxygen atoms in total. The van der Waals surface area contributed by atoms with Crippen LogP contribution in [0.4, 0.5) is 13.2 Å². The number of nitrogens with two attached hydrogens (primary N) is 1. The minimum absolute atomic E-state index is 0.285. The topological polar surface area (TPSA) is 56.7 Å². The summed E-state index contributed by atoms with van der Waals surface area (Å²) in [6.45, 7) is 0.285. The Labute approximate surface area is 94.9 Å². The van der Waals surface area contributed by atoms with Crippen LogP contribution < -0.4 is 5.73 Å². The lowest BCUT2D eigenvalue weighted by molar-refractivity contribution is -0.141. The maximum atomic E-state index is 12.3. The fourth-order valence-corrected chi connectivity index (χ4v) is 1.29. The molecular formula is C10H9F3N4. The zero-order chi connectivity index (χ0) is 12.5. The van der Waals surface area contributed by atoms with E-state index in [2.05, 4.69) is 10.1 Å². The van der Waals surface area contributed by atoms with E-state index in [-0.39, 0.29) is 6.54 Å². The molecule has 0 spiro atoms. The molecule has 0 aliphatic rings. The van der Waals surface area contributed by atoms with Gasteiger partial charge in [0.25, 0.3) is 0 Å². The van der Waals surface area contributed by atoms with E-state index in [9.17, 15) is 13.2 Å². The zero-order valence-corrected chi connectivity index (χ0v) is 8.65. The Morgan fingerprint density at radius 2 is 2.00 bits per heavy atom. The molecule has 0 radical (unpaired) electrons. The third-order valence-electron chi connectivity index (χ3n) is 2.16. The van der Waals surface area contributed by atoms with Gasteiger partial charge in [-0.3, -0.25) is 4.98 Å². The Kier molecular flexibility index (Phi) is 2.84. The van der Waals surface area contributed by atoms with Crippen LogP contribution in [0.15, 0.2) is 30.6 Å². The lowest BCUT2D eigenvalue weighted by atomic mass is 10.3. The first-order valence-corrected chi connectivity index (χ1v) is 4.79. The zero-order valence-electron chi connectivity index (χ0n) is 8.65. The van der Waals surface area contributed by atoms with Crippen molar-refractivity contribution in [3.05, 3.63) is 42.0 Å². The summed E-state index contributed by atoms with van der Waals surface area (Å²) in [5.41, 5.74) is 5.56. The van der Waals surface area contributed by atoms with Gasteiger partial charge in [-0.2, -0.15) is 18.3 Å². The normalized spacial score (nSPS) is 11.8. The molecule has 2 aromatic rings. The highest BCUT2D eigenvalue weighted by Crippen LogP contribution is 2.27. The van der Waals surface area contributed by atoms with E-state index < -0.39 is 11.9 Å². The molecule has 90 valence electrons. The van der Waals surface area contributed by atoms with Gasteiger partial charge in [-0.1, -0.05) is 0 Å². The second kappa shape index (κ2) is 4.17. The number of nitrogens with zero attached hydrogens (tertiary/aromatic N) is 3. The summed E-state index contributed by atoms with van der Waals surface area (Å²) in [5.74, 6) is 0. The quantitative estimate of drug-likeness (QED) is 0.872. The van der Waals surface area contributed by atoms with Crippen LogP contribution in [-0.4, -0.2) is 14.8 Å². The Hall–Kier alpha value is -1.89. The van der Waals surface area contributed by atoms with Crippen LogP contribution in [-0.2, 0) is 12.7 Å². The van der Waals surface area contributed by atoms with E-state index >= 15 is 0 Å². The van der Waals surface area contributed by atoms with Crippen molar-refractivity contribution in [1.82, 2.24) is 14.8 Å². The fraction of sp³-hybridized carbons (Fsp3) is 0.200. The highest BCUT2D eigenvalue weighted by atomic mass is 19.4. The molecule has 7 heteroatoms. The molecule has 0 saturated carbocycles. The first kappa shape index (κ1) is 11.6. The van der Waals surface area contributed by atoms with Crippen LogP contribution in [0.25, 0.3) is 5.69 Å². The largest absolute Gasteiger partial charge is 0.435 e. The number of alkyl halides is 3. The number of rotatable bonds is 2. The molecule has 0 aromatic carbocycles. The first-order valence-electron chi connectivity index (χ1n) is 4.79. The highest BCUT2D eigenvalue weighted by Gasteiger charge is 2.33. The highest BCUT2D eigenvalue weighted by molar-refractivity contribution is 5.29. The molecule has 0 bridgehead atoms. The van der Waals surface area contributed by atoms with Gasteiger partial charge >= 0.3 is 6.18 Å². The average molecular weight is 242 g/mol. The van der Waals surface area contributed by atoms with Crippen molar-refractivity contribution in [2.75, 3.05) is 0 Å². The second-order valence-electron chi connectivity index (χ2n) is 3.36. The second-order valence-corrected chi connectivity index (χ2v) is 3.36. The van der Waals surface area contributed by atoms with Gasteiger partial charge in [0.1, 0.15) is 0 Å². The van der Waals surface area contributed by atoms with Gasteiger partial charge in [-0.25, -0.2) is 4.68 Å². The summed E-state index contributed by atoms with van der Waals surface area (Å²) in [7, 11) is 0. The van der Waals surface area contributed by atoms with Crippen LogP contribution in [0.1, 0.15) is 11.4 Å². The Morgan fingerprint density at radius 3 is 2.47 bits per heavy atom. The lowest BCUT2D eigenvalue weighted by Crippen LogP contribution is -2.07. The van der Waals surface area contributed by atoms with Crippen LogP contribution in [0, 0.1) is 0 Å². The van der Waals surface area contributed by atoms with E-state index in [4.69, 9.17) is 5.73 Å². The monoisotopic (exact) mass is 242 g/mol. The Bertz CT molecular complexity index is 501. The van der Waals surface area contributed by atoms with Gasteiger partial charge in [0.2, 0.25) is 0 Å². The standard InChI is InChI=1S/C10H9F3N4/c11-10(12,13)9-3-4-17(16-9)8-2-1-7(5-14)15-6-8/h1-4,6H,5,14H2. The number of hydrogen-bond donors (Lipinski definition) is 1. The molecule has 0 amide bonds. The summed E-state index contributed by atoms with van der Waals surface area (Å²) in [5, 5.41) is 3.43. The minimum atomic E-state index is -4.43. The van der Waals surface area contributed by atoms with Gasteiger partial charge in [-0.05, 0) is 18.2 Å². The lowest BCUT2D eigenvalue weighted by Gasteiger charge is -2.03. The molecule has 2 aromatic heterocycles. The summed E-state index contributed by atoms with van der Waals surface area (Å²) < 4.78 is 38.1. The molecular weight excluding hydrogens is 233 g/mol. The van der Waals surface area contributed by atoms with Crippen molar-refractivity contribution < 1.29 is 13.2 Å². The Balaban J connectivity index is 2.30. The van der Waals surface area contributed by atoms with E-state index in [0.717, 1.165) is 10.7 Å². The molecule has 0 fully saturated rings. The molecule has 0 saturated heterocycles. The predicted molar refractivity (Wildman–Crippen MR) is 54.3 cm³/mol. The Morgan fingerprint density at radius 1 is 1.24 bits per heavy atom. The molecule has 0 aliphatic carbocycles. The average Bonchev–Trinajstić information content (AvgIpc) is 2.78. The fourth-order valence-electron chi connectivity index (χ4n) is 1.29. The van der Waals surface area contributed by atoms with Crippen molar-refractivity contribution in [3.63, 3.8) is 0 Å². The molecule has 0 unspecified atom stereocenters. The van der Waals surface area contributed by atoms with Gasteiger partial charge in [0, 0.05) is 12.7 Å². The van der Waals surface area contributed by atoms with Crippen LogP contribution >= 0.6 is 0 Å². The van der Waals surface area contributed by atoms with Gasteiger partial charge in [0.15, 0.2) is 5.69 Å². The number of halogens is 3. The number of aromatic nitrogens is 3. The summed E-state index contributed by atoms with van der Waals surface area (Å²) >= 11 is 0. The molecule has 2 rings (SSSR count). The first-order chi connectivity index (χ1) is 8.00. The summed E-state index contributed by atoms with van der Waals surface area (Å²) in [6.07, 6.45) is -1.77. The van der Waals surface area contributed by atoms with Gasteiger partial charge in [0.05, 0.1) is 17.6 Å². The molecule has 0 atom stereocenters. The predicted octanol–water partition coefficient (Wildman–Crippen LogP) is 1.74. The molecule has 0 aliphatic heterocycles. The van der Waals surface area contributed by atoms with Crippen molar-refractivity contribution in [2.24, 2.45) is 5.73 Å². The number of hydrogen-bond acceptors (Lipinski definition) is 3. The van der Waals surface area contributed by atoms with E-state index in [0.29, 0.717) is 11.4 Å². The van der Waals surface area contributed by atoms with Gasteiger partial charge in [-0.15, -0.1) is 0 Å². The van der Waals surface area contributed by atoms with Crippen LogP contribution in [0.2, 0.25) is 0 Å². The summed E-state index contributed by atoms with van der Waals surface area (Å²) in [6, 6.07) is 4.17. The van der Waals surface area contributed by atoms with Crippen molar-refractivity contribution in [2.45, 2.75) is 12.7 Å². The van der Waals surface area contributed by atoms with E-state index in [1.54, 1.807) is 12.1 Å². The number of pyridine rings is 1. The molecule has 2 N–H and O–H groups in total. The minimum Gasteiger partial charge on any atom is -0.325 e. The summed E-state index contributed by atoms with van der Waals surface area (Å²) in [4.78, 5) is 3.98.